The van der Waals surface area contributed by atoms with Crippen LogP contribution in [0.3, 0.4) is 0 Å². The number of halogens is 1. The normalized spacial score (nSPS) is 10.2. The molecule has 0 aliphatic heterocycles. The third-order valence-electron chi connectivity index (χ3n) is 3.52. The lowest BCUT2D eigenvalue weighted by Crippen LogP contribution is -2.31. The summed E-state index contributed by atoms with van der Waals surface area (Å²) >= 11 is 0. The molecule has 2 aromatic carbocycles. The molecule has 0 saturated carbocycles. The molecule has 2 aromatic rings. The van der Waals surface area contributed by atoms with E-state index in [4.69, 9.17) is 4.74 Å². The van der Waals surface area contributed by atoms with E-state index in [0.29, 0.717) is 19.4 Å². The molecule has 0 spiro atoms. The summed E-state index contributed by atoms with van der Waals surface area (Å²) in [4.78, 5) is 14.1. The quantitative estimate of drug-likeness (QED) is 0.723. The Morgan fingerprint density at radius 1 is 1.26 bits per heavy atom. The second-order valence-electron chi connectivity index (χ2n) is 5.10. The molecule has 0 saturated heterocycles. The number of benzene rings is 2. The van der Waals surface area contributed by atoms with Crippen LogP contribution in [0.15, 0.2) is 61.2 Å². The van der Waals surface area contributed by atoms with Crippen molar-refractivity contribution in [2.45, 2.75) is 12.8 Å². The first-order valence-electron chi connectivity index (χ1n) is 7.44. The van der Waals surface area contributed by atoms with Crippen molar-refractivity contribution in [3.63, 3.8) is 0 Å². The number of carbonyl (C=O) groups is 1. The van der Waals surface area contributed by atoms with Crippen LogP contribution in [0.5, 0.6) is 5.75 Å². The molecule has 0 atom stereocenters. The van der Waals surface area contributed by atoms with Gasteiger partial charge in [0, 0.05) is 18.7 Å². The number of amides is 1. The lowest BCUT2D eigenvalue weighted by atomic mass is 10.1. The number of aryl methyl sites for hydroxylation is 1. The van der Waals surface area contributed by atoms with Crippen LogP contribution >= 0.6 is 0 Å². The van der Waals surface area contributed by atoms with Gasteiger partial charge in [0.2, 0.25) is 5.91 Å². The van der Waals surface area contributed by atoms with E-state index < -0.39 is 5.82 Å². The van der Waals surface area contributed by atoms with E-state index in [1.807, 2.05) is 30.3 Å². The minimum Gasteiger partial charge on any atom is -0.494 e. The Morgan fingerprint density at radius 3 is 2.61 bits per heavy atom. The van der Waals surface area contributed by atoms with Crippen molar-refractivity contribution in [3.05, 3.63) is 72.6 Å². The Bertz CT molecular complexity index is 670. The van der Waals surface area contributed by atoms with Crippen LogP contribution in [0.4, 0.5) is 10.1 Å². The van der Waals surface area contributed by atoms with Gasteiger partial charge in [-0.2, -0.15) is 0 Å². The van der Waals surface area contributed by atoms with Crippen LogP contribution in [0, 0.1) is 5.82 Å². The van der Waals surface area contributed by atoms with Gasteiger partial charge in [-0.3, -0.25) is 4.79 Å². The number of carbonyl (C=O) groups excluding carboxylic acids is 1. The van der Waals surface area contributed by atoms with Crippen LogP contribution in [0.2, 0.25) is 0 Å². The standard InChI is InChI=1S/C19H20FNO2/c1-3-13-21(16-7-5-4-6-8-16)19(22)12-10-15-9-11-18(23-2)17(20)14-15/h3-9,11,14H,1,10,12-13H2,2H3. The van der Waals surface area contributed by atoms with Crippen LogP contribution in [0.1, 0.15) is 12.0 Å². The van der Waals surface area contributed by atoms with Gasteiger partial charge >= 0.3 is 0 Å². The predicted octanol–water partition coefficient (Wildman–Crippen LogP) is 3.99. The Labute approximate surface area is 136 Å². The molecule has 3 nitrogen and oxygen atoms in total. The van der Waals surface area contributed by atoms with Crippen LogP contribution in [0.25, 0.3) is 0 Å². The van der Waals surface area contributed by atoms with Gasteiger partial charge in [-0.25, -0.2) is 4.39 Å². The Hall–Kier alpha value is -2.62. The number of anilines is 1. The zero-order valence-corrected chi connectivity index (χ0v) is 13.2. The van der Waals surface area contributed by atoms with Gasteiger partial charge in [-0.05, 0) is 36.2 Å². The van der Waals surface area contributed by atoms with Crippen molar-refractivity contribution in [1.82, 2.24) is 0 Å². The molecule has 0 aliphatic carbocycles. The van der Waals surface area contributed by atoms with E-state index in [1.165, 1.54) is 13.2 Å². The molecule has 0 aliphatic rings. The fraction of sp³-hybridized carbons (Fsp3) is 0.211. The summed E-state index contributed by atoms with van der Waals surface area (Å²) < 4.78 is 18.6. The maximum Gasteiger partial charge on any atom is 0.227 e. The molecule has 0 unspecified atom stereocenters. The van der Waals surface area contributed by atoms with E-state index in [2.05, 4.69) is 6.58 Å². The van der Waals surface area contributed by atoms with Crippen molar-refractivity contribution < 1.29 is 13.9 Å². The molecule has 23 heavy (non-hydrogen) atoms. The number of hydrogen-bond acceptors (Lipinski definition) is 2. The number of hydrogen-bond donors (Lipinski definition) is 0. The van der Waals surface area contributed by atoms with Crippen molar-refractivity contribution in [2.24, 2.45) is 0 Å². The lowest BCUT2D eigenvalue weighted by molar-refractivity contribution is -0.118. The number of ether oxygens (including phenoxy) is 1. The second kappa shape index (κ2) is 8.13. The highest BCUT2D eigenvalue weighted by molar-refractivity contribution is 5.93. The molecular weight excluding hydrogens is 293 g/mol. The Morgan fingerprint density at radius 2 is 2.00 bits per heavy atom. The molecular formula is C19H20FNO2. The highest BCUT2D eigenvalue weighted by Crippen LogP contribution is 2.20. The molecule has 0 radical (unpaired) electrons. The van der Waals surface area contributed by atoms with E-state index in [-0.39, 0.29) is 11.7 Å². The van der Waals surface area contributed by atoms with Gasteiger partial charge in [0.15, 0.2) is 11.6 Å². The maximum atomic E-state index is 13.7. The number of para-hydroxylation sites is 1. The van der Waals surface area contributed by atoms with E-state index in [9.17, 15) is 9.18 Å². The zero-order chi connectivity index (χ0) is 16.7. The monoisotopic (exact) mass is 313 g/mol. The molecule has 0 aromatic heterocycles. The molecule has 0 N–H and O–H groups in total. The number of rotatable bonds is 7. The van der Waals surface area contributed by atoms with Gasteiger partial charge in [0.05, 0.1) is 7.11 Å². The average Bonchev–Trinajstić information content (AvgIpc) is 2.58. The first-order chi connectivity index (χ1) is 11.2. The largest absolute Gasteiger partial charge is 0.494 e. The molecule has 0 heterocycles. The zero-order valence-electron chi connectivity index (χ0n) is 13.2. The first-order valence-corrected chi connectivity index (χ1v) is 7.44. The van der Waals surface area contributed by atoms with Crippen LogP contribution in [-0.4, -0.2) is 19.6 Å². The summed E-state index contributed by atoms with van der Waals surface area (Å²) in [6, 6.07) is 14.2. The Balaban J connectivity index is 2.04. The van der Waals surface area contributed by atoms with Crippen molar-refractivity contribution in [2.75, 3.05) is 18.6 Å². The fourth-order valence-corrected chi connectivity index (χ4v) is 2.34. The van der Waals surface area contributed by atoms with Gasteiger partial charge in [-0.1, -0.05) is 30.3 Å². The van der Waals surface area contributed by atoms with E-state index in [1.54, 1.807) is 23.1 Å². The van der Waals surface area contributed by atoms with Crippen molar-refractivity contribution in [3.8, 4) is 5.75 Å². The topological polar surface area (TPSA) is 29.5 Å². The van der Waals surface area contributed by atoms with Gasteiger partial charge < -0.3 is 9.64 Å². The molecule has 0 fully saturated rings. The molecule has 0 bridgehead atoms. The van der Waals surface area contributed by atoms with Gasteiger partial charge in [0.1, 0.15) is 0 Å². The summed E-state index contributed by atoms with van der Waals surface area (Å²) in [6.45, 7) is 4.14. The molecule has 2 rings (SSSR count). The highest BCUT2D eigenvalue weighted by atomic mass is 19.1. The summed E-state index contributed by atoms with van der Waals surface area (Å²) in [5.41, 5.74) is 1.60. The highest BCUT2D eigenvalue weighted by Gasteiger charge is 2.14. The summed E-state index contributed by atoms with van der Waals surface area (Å²) in [7, 11) is 1.43. The Kier molecular flexibility index (Phi) is 5.92. The molecule has 4 heteroatoms. The van der Waals surface area contributed by atoms with Crippen molar-refractivity contribution >= 4 is 11.6 Å². The summed E-state index contributed by atoms with van der Waals surface area (Å²) in [5, 5.41) is 0. The minimum absolute atomic E-state index is 0.0210. The predicted molar refractivity (Wildman–Crippen MR) is 90.3 cm³/mol. The number of methoxy groups -OCH3 is 1. The van der Waals surface area contributed by atoms with Gasteiger partial charge in [-0.15, -0.1) is 6.58 Å². The SMILES string of the molecule is C=CCN(C(=O)CCc1ccc(OC)c(F)c1)c1ccccc1. The molecule has 120 valence electrons. The smallest absolute Gasteiger partial charge is 0.227 e. The third-order valence-corrected chi connectivity index (χ3v) is 3.52. The third kappa shape index (κ3) is 4.42. The minimum atomic E-state index is -0.413. The van der Waals surface area contributed by atoms with E-state index >= 15 is 0 Å². The lowest BCUT2D eigenvalue weighted by Gasteiger charge is -2.21. The van der Waals surface area contributed by atoms with Gasteiger partial charge in [0.25, 0.3) is 0 Å². The first kappa shape index (κ1) is 16.7. The molecule has 1 amide bonds. The second-order valence-corrected chi connectivity index (χ2v) is 5.10. The fourth-order valence-electron chi connectivity index (χ4n) is 2.34. The van der Waals surface area contributed by atoms with Crippen LogP contribution < -0.4 is 9.64 Å². The maximum absolute atomic E-state index is 13.7. The van der Waals surface area contributed by atoms with Crippen molar-refractivity contribution in [1.29, 1.82) is 0 Å². The summed E-state index contributed by atoms with van der Waals surface area (Å²) in [6.07, 6.45) is 2.46. The number of nitrogens with zero attached hydrogens (tertiary/aromatic N) is 1. The van der Waals surface area contributed by atoms with Crippen LogP contribution in [-0.2, 0) is 11.2 Å². The average molecular weight is 313 g/mol. The summed E-state index contributed by atoms with van der Waals surface area (Å²) in [5.74, 6) is -0.228. The van der Waals surface area contributed by atoms with E-state index in [0.717, 1.165) is 11.3 Å².